The third kappa shape index (κ3) is 6.11. The molecule has 2 aromatic heterocycles. The van der Waals surface area contributed by atoms with Gasteiger partial charge >= 0.3 is 0 Å². The van der Waals surface area contributed by atoms with E-state index in [9.17, 15) is 14.0 Å². The predicted octanol–water partition coefficient (Wildman–Crippen LogP) is 7.58. The molecule has 210 valence electrons. The Balaban J connectivity index is 0.000000833. The normalized spacial score (nSPS) is 12.3. The first-order valence-corrected chi connectivity index (χ1v) is 13.4. The minimum absolute atomic E-state index is 0.0697. The van der Waals surface area contributed by atoms with E-state index in [1.54, 1.807) is 36.5 Å². The average molecular weight is 559 g/mol. The fraction of sp³-hybridized carbons (Fsp3) is 0.333. The molecule has 5 rings (SSSR count). The van der Waals surface area contributed by atoms with Gasteiger partial charge in [-0.3, -0.25) is 14.9 Å². The van der Waals surface area contributed by atoms with Gasteiger partial charge in [0.2, 0.25) is 0 Å². The summed E-state index contributed by atoms with van der Waals surface area (Å²) in [4.78, 5) is 25.8. The van der Waals surface area contributed by atoms with E-state index >= 15 is 0 Å². The molecule has 3 heterocycles. The second-order valence-electron chi connectivity index (χ2n) is 7.54. The first-order valence-electron chi connectivity index (χ1n) is 13.1. The maximum atomic E-state index is 12.9. The van der Waals surface area contributed by atoms with Crippen LogP contribution in [0.1, 0.15) is 52.7 Å². The van der Waals surface area contributed by atoms with Gasteiger partial charge in [-0.05, 0) is 18.2 Å². The molecule has 2 amide bonds. The van der Waals surface area contributed by atoms with Crippen LogP contribution in [0.3, 0.4) is 0 Å². The lowest BCUT2D eigenvalue weighted by Crippen LogP contribution is -2.22. The van der Waals surface area contributed by atoms with Gasteiger partial charge in [-0.1, -0.05) is 53.1 Å². The average Bonchev–Trinajstić information content (AvgIpc) is 3.61. The van der Waals surface area contributed by atoms with E-state index < -0.39 is 18.5 Å². The quantitative estimate of drug-likeness (QED) is 0.247. The Morgan fingerprint density at radius 2 is 1.59 bits per heavy atom. The first-order chi connectivity index (χ1) is 18.9. The number of halogens is 2. The zero-order valence-electron chi connectivity index (χ0n) is 23.7. The number of amides is 2. The van der Waals surface area contributed by atoms with Crippen LogP contribution in [-0.4, -0.2) is 36.8 Å². The van der Waals surface area contributed by atoms with Crippen molar-refractivity contribution in [3.8, 4) is 11.5 Å². The highest BCUT2D eigenvalue weighted by molar-refractivity contribution is 6.50. The maximum absolute atomic E-state index is 12.9. The van der Waals surface area contributed by atoms with Crippen molar-refractivity contribution in [2.45, 2.75) is 41.5 Å². The number of rotatable bonds is 6. The van der Waals surface area contributed by atoms with Crippen LogP contribution in [-0.2, 0) is 16.6 Å². The van der Waals surface area contributed by atoms with Crippen LogP contribution >= 0.6 is 11.6 Å². The lowest BCUT2D eigenvalue weighted by atomic mass is 9.95. The molecule has 9 heteroatoms. The van der Waals surface area contributed by atoms with E-state index in [0.29, 0.717) is 44.0 Å². The monoisotopic (exact) mass is 558 g/mol. The van der Waals surface area contributed by atoms with Crippen molar-refractivity contribution in [1.82, 2.24) is 9.88 Å². The Kier molecular flexibility index (Phi) is 11.6. The van der Waals surface area contributed by atoms with Gasteiger partial charge in [0.15, 0.2) is 0 Å². The minimum atomic E-state index is -0.610. The number of ether oxygens (including phenoxy) is 2. The molecular formula is C30H36ClFN2O5. The molecule has 0 bridgehead atoms. The van der Waals surface area contributed by atoms with Crippen molar-refractivity contribution in [1.29, 1.82) is 0 Å². The summed E-state index contributed by atoms with van der Waals surface area (Å²) in [6, 6.07) is 8.49. The number of nitrogens with one attached hydrogen (secondary N) is 1. The molecule has 0 spiro atoms. The standard InChI is InChI=1S/C24H18ClFN2O5.3C2H6/c1-28-10-15(14-8-17(25)20(31-2)9-18(14)28)21-22(24(30)27-23(21)29)16-11-33-19-7-12(32-6-5-26)3-4-13(16)19;3*1-2/h3-4,7-11H,5-6H2,1-2H3,(H,27,29,30);3*1-2H3. The molecule has 0 saturated carbocycles. The number of furan rings is 1. The number of hydrogen-bond donors (Lipinski definition) is 1. The van der Waals surface area contributed by atoms with Gasteiger partial charge in [0.1, 0.15) is 30.4 Å². The Morgan fingerprint density at radius 3 is 2.21 bits per heavy atom. The maximum Gasteiger partial charge on any atom is 0.259 e. The van der Waals surface area contributed by atoms with E-state index in [-0.39, 0.29) is 17.8 Å². The third-order valence-electron chi connectivity index (χ3n) is 5.63. The number of aromatic nitrogens is 1. The summed E-state index contributed by atoms with van der Waals surface area (Å²) in [5.41, 5.74) is 2.70. The van der Waals surface area contributed by atoms with Crippen LogP contribution in [0.2, 0.25) is 5.02 Å². The molecule has 0 atom stereocenters. The fourth-order valence-corrected chi connectivity index (χ4v) is 4.40. The molecule has 2 aromatic carbocycles. The highest BCUT2D eigenvalue weighted by Crippen LogP contribution is 2.41. The van der Waals surface area contributed by atoms with Crippen molar-refractivity contribution >= 4 is 56.4 Å². The Morgan fingerprint density at radius 1 is 0.949 bits per heavy atom. The van der Waals surface area contributed by atoms with Gasteiger partial charge in [0.25, 0.3) is 11.8 Å². The second-order valence-corrected chi connectivity index (χ2v) is 7.94. The number of benzene rings is 2. The molecule has 1 aliphatic rings. The van der Waals surface area contributed by atoms with E-state index in [4.69, 9.17) is 25.5 Å². The topological polar surface area (TPSA) is 82.7 Å². The summed E-state index contributed by atoms with van der Waals surface area (Å²) in [6.45, 7) is 11.3. The van der Waals surface area contributed by atoms with Gasteiger partial charge < -0.3 is 18.5 Å². The number of carbonyl (C=O) groups is 2. The first kappa shape index (κ1) is 31.4. The van der Waals surface area contributed by atoms with E-state index in [0.717, 1.165) is 5.52 Å². The molecule has 0 saturated heterocycles. The van der Waals surface area contributed by atoms with Crippen molar-refractivity contribution in [3.05, 3.63) is 58.9 Å². The zero-order valence-corrected chi connectivity index (χ0v) is 24.5. The van der Waals surface area contributed by atoms with Gasteiger partial charge in [-0.2, -0.15) is 0 Å². The van der Waals surface area contributed by atoms with Crippen molar-refractivity contribution in [3.63, 3.8) is 0 Å². The zero-order chi connectivity index (χ0) is 29.3. The van der Waals surface area contributed by atoms with E-state index in [1.165, 1.54) is 13.4 Å². The van der Waals surface area contributed by atoms with Crippen LogP contribution < -0.4 is 14.8 Å². The molecule has 0 aliphatic carbocycles. The Labute approximate surface area is 233 Å². The largest absolute Gasteiger partial charge is 0.495 e. The summed E-state index contributed by atoms with van der Waals surface area (Å²) in [6.07, 6.45) is 3.21. The second kappa shape index (κ2) is 14.4. The smallest absolute Gasteiger partial charge is 0.259 e. The summed E-state index contributed by atoms with van der Waals surface area (Å²) in [5.74, 6) is -0.0803. The molecular weight excluding hydrogens is 523 g/mol. The molecule has 4 aromatic rings. The summed E-state index contributed by atoms with van der Waals surface area (Å²) < 4.78 is 30.5. The van der Waals surface area contributed by atoms with Crippen molar-refractivity contribution in [2.24, 2.45) is 7.05 Å². The number of aryl methyl sites for hydroxylation is 1. The number of alkyl halides is 1. The van der Waals surface area contributed by atoms with E-state index in [1.807, 2.05) is 53.2 Å². The molecule has 0 radical (unpaired) electrons. The Hall–Kier alpha value is -3.78. The molecule has 0 fully saturated rings. The van der Waals surface area contributed by atoms with E-state index in [2.05, 4.69) is 5.32 Å². The lowest BCUT2D eigenvalue weighted by Gasteiger charge is -2.06. The fourth-order valence-electron chi connectivity index (χ4n) is 4.16. The number of fused-ring (bicyclic) bond motifs is 2. The summed E-state index contributed by atoms with van der Waals surface area (Å²) in [7, 11) is 3.36. The minimum Gasteiger partial charge on any atom is -0.495 e. The third-order valence-corrected chi connectivity index (χ3v) is 5.92. The van der Waals surface area contributed by atoms with Crippen molar-refractivity contribution in [2.75, 3.05) is 20.4 Å². The molecule has 0 unspecified atom stereocenters. The number of methoxy groups -OCH3 is 1. The highest BCUT2D eigenvalue weighted by atomic mass is 35.5. The van der Waals surface area contributed by atoms with Gasteiger partial charge in [-0.25, -0.2) is 4.39 Å². The molecule has 1 N–H and O–H groups in total. The van der Waals surface area contributed by atoms with Gasteiger partial charge in [0.05, 0.1) is 35.1 Å². The molecule has 7 nitrogen and oxygen atoms in total. The number of imide groups is 1. The number of nitrogens with zero attached hydrogens (tertiary/aromatic N) is 1. The highest BCUT2D eigenvalue weighted by Gasteiger charge is 2.35. The Bertz CT molecular complexity index is 1490. The van der Waals surface area contributed by atoms with Gasteiger partial charge in [0, 0.05) is 47.3 Å². The summed E-state index contributed by atoms with van der Waals surface area (Å²) >= 11 is 6.35. The number of hydrogen-bond acceptors (Lipinski definition) is 5. The van der Waals surface area contributed by atoms with Crippen LogP contribution in [0.15, 0.2) is 47.2 Å². The SMILES string of the molecule is CC.CC.CC.COc1cc2c(cc1Cl)c(C1=C(c3coc4cc(OCCF)ccc34)C(=O)NC1=O)cn2C. The van der Waals surface area contributed by atoms with Crippen LogP contribution in [0, 0.1) is 0 Å². The van der Waals surface area contributed by atoms with Crippen LogP contribution in [0.5, 0.6) is 11.5 Å². The van der Waals surface area contributed by atoms with Crippen molar-refractivity contribution < 1.29 is 27.9 Å². The summed E-state index contributed by atoms with van der Waals surface area (Å²) in [5, 5.41) is 4.11. The molecule has 1 aliphatic heterocycles. The lowest BCUT2D eigenvalue weighted by molar-refractivity contribution is -0.122. The molecule has 39 heavy (non-hydrogen) atoms. The van der Waals surface area contributed by atoms with Crippen LogP contribution in [0.25, 0.3) is 33.0 Å². The van der Waals surface area contributed by atoms with Gasteiger partial charge in [-0.15, -0.1) is 0 Å². The predicted molar refractivity (Wildman–Crippen MR) is 156 cm³/mol. The van der Waals surface area contributed by atoms with Crippen LogP contribution in [0.4, 0.5) is 4.39 Å². The number of carbonyl (C=O) groups excluding carboxylic acids is 2.